The van der Waals surface area contributed by atoms with Crippen molar-refractivity contribution in [2.75, 3.05) is 13.7 Å². The molecule has 0 radical (unpaired) electrons. The molecule has 100 valence electrons. The van der Waals surface area contributed by atoms with Crippen LogP contribution in [0.15, 0.2) is 48.8 Å². The van der Waals surface area contributed by atoms with Crippen molar-refractivity contribution in [3.8, 4) is 5.75 Å². The minimum Gasteiger partial charge on any atom is -0.497 e. The van der Waals surface area contributed by atoms with Crippen molar-refractivity contribution in [2.45, 2.75) is 12.8 Å². The SMILES string of the molecule is CCOC(=O)N1C=CC(c2cccc(OC)c2)C=C1. The van der Waals surface area contributed by atoms with Gasteiger partial charge in [-0.15, -0.1) is 0 Å². The summed E-state index contributed by atoms with van der Waals surface area (Å²) in [5.74, 6) is 0.966. The zero-order valence-corrected chi connectivity index (χ0v) is 11.1. The molecule has 4 heteroatoms. The van der Waals surface area contributed by atoms with Gasteiger partial charge in [-0.25, -0.2) is 4.79 Å². The summed E-state index contributed by atoms with van der Waals surface area (Å²) in [6.07, 6.45) is 6.99. The molecule has 0 N–H and O–H groups in total. The van der Waals surface area contributed by atoms with Crippen LogP contribution in [0, 0.1) is 0 Å². The van der Waals surface area contributed by atoms with Gasteiger partial charge in [-0.1, -0.05) is 24.3 Å². The quantitative estimate of drug-likeness (QED) is 0.836. The van der Waals surface area contributed by atoms with E-state index in [1.807, 2.05) is 36.4 Å². The summed E-state index contributed by atoms with van der Waals surface area (Å²) in [6, 6.07) is 7.87. The molecule has 0 aromatic heterocycles. The van der Waals surface area contributed by atoms with E-state index in [-0.39, 0.29) is 12.0 Å². The monoisotopic (exact) mass is 259 g/mol. The number of methoxy groups -OCH3 is 1. The van der Waals surface area contributed by atoms with Crippen molar-refractivity contribution in [3.05, 3.63) is 54.4 Å². The van der Waals surface area contributed by atoms with Gasteiger partial charge in [0, 0.05) is 18.3 Å². The van der Waals surface area contributed by atoms with Crippen molar-refractivity contribution in [3.63, 3.8) is 0 Å². The first-order chi connectivity index (χ1) is 9.24. The van der Waals surface area contributed by atoms with Gasteiger partial charge in [-0.2, -0.15) is 0 Å². The third kappa shape index (κ3) is 3.16. The van der Waals surface area contributed by atoms with E-state index in [1.54, 1.807) is 26.4 Å². The predicted octanol–water partition coefficient (Wildman–Crippen LogP) is 3.28. The van der Waals surface area contributed by atoms with Gasteiger partial charge in [0.25, 0.3) is 0 Å². The molecule has 0 bridgehead atoms. The Hall–Kier alpha value is -2.23. The van der Waals surface area contributed by atoms with Gasteiger partial charge < -0.3 is 9.47 Å². The van der Waals surface area contributed by atoms with Crippen LogP contribution >= 0.6 is 0 Å². The van der Waals surface area contributed by atoms with E-state index in [2.05, 4.69) is 0 Å². The van der Waals surface area contributed by atoms with Crippen molar-refractivity contribution in [1.82, 2.24) is 4.90 Å². The van der Waals surface area contributed by atoms with E-state index in [1.165, 1.54) is 4.90 Å². The Morgan fingerprint density at radius 1 is 1.32 bits per heavy atom. The van der Waals surface area contributed by atoms with E-state index in [9.17, 15) is 4.79 Å². The molecule has 4 nitrogen and oxygen atoms in total. The molecule has 1 aromatic rings. The number of benzene rings is 1. The Labute approximate surface area is 112 Å². The minimum atomic E-state index is -0.362. The largest absolute Gasteiger partial charge is 0.497 e. The maximum atomic E-state index is 11.5. The van der Waals surface area contributed by atoms with E-state index in [0.717, 1.165) is 11.3 Å². The van der Waals surface area contributed by atoms with Gasteiger partial charge in [0.15, 0.2) is 0 Å². The number of allylic oxidation sites excluding steroid dienone is 2. The first-order valence-corrected chi connectivity index (χ1v) is 6.20. The second-order valence-electron chi connectivity index (χ2n) is 4.09. The van der Waals surface area contributed by atoms with E-state index in [4.69, 9.17) is 9.47 Å². The average Bonchev–Trinajstić information content (AvgIpc) is 2.48. The van der Waals surface area contributed by atoms with Crippen LogP contribution in [0.2, 0.25) is 0 Å². The van der Waals surface area contributed by atoms with Crippen LogP contribution in [0.3, 0.4) is 0 Å². The zero-order chi connectivity index (χ0) is 13.7. The highest BCUT2D eigenvalue weighted by Gasteiger charge is 2.15. The van der Waals surface area contributed by atoms with Crippen molar-refractivity contribution in [2.24, 2.45) is 0 Å². The number of carbonyl (C=O) groups is 1. The van der Waals surface area contributed by atoms with Gasteiger partial charge in [-0.05, 0) is 24.6 Å². The Balaban J connectivity index is 2.08. The molecule has 1 amide bonds. The van der Waals surface area contributed by atoms with Crippen LogP contribution in [-0.4, -0.2) is 24.7 Å². The van der Waals surface area contributed by atoms with Crippen LogP contribution in [0.25, 0.3) is 0 Å². The summed E-state index contributed by atoms with van der Waals surface area (Å²) in [5.41, 5.74) is 1.12. The molecule has 1 aliphatic rings. The molecule has 1 aromatic carbocycles. The number of carbonyl (C=O) groups excluding carboxylic acids is 1. The maximum Gasteiger partial charge on any atom is 0.417 e. The summed E-state index contributed by atoms with van der Waals surface area (Å²) in [4.78, 5) is 13.0. The zero-order valence-electron chi connectivity index (χ0n) is 11.1. The average molecular weight is 259 g/mol. The maximum absolute atomic E-state index is 11.5. The summed E-state index contributed by atoms with van der Waals surface area (Å²) in [5, 5.41) is 0. The highest BCUT2D eigenvalue weighted by atomic mass is 16.6. The van der Waals surface area contributed by atoms with Gasteiger partial charge in [-0.3, -0.25) is 4.90 Å². The van der Waals surface area contributed by atoms with Crippen LogP contribution in [0.5, 0.6) is 5.75 Å². The van der Waals surface area contributed by atoms with Crippen molar-refractivity contribution in [1.29, 1.82) is 0 Å². The molecule has 0 saturated carbocycles. The van der Waals surface area contributed by atoms with E-state index < -0.39 is 0 Å². The third-order valence-electron chi connectivity index (χ3n) is 2.87. The second kappa shape index (κ2) is 6.09. The topological polar surface area (TPSA) is 38.8 Å². The summed E-state index contributed by atoms with van der Waals surface area (Å²) < 4.78 is 10.1. The van der Waals surface area contributed by atoms with Gasteiger partial charge in [0.05, 0.1) is 13.7 Å². The number of amides is 1. The summed E-state index contributed by atoms with van der Waals surface area (Å²) in [6.45, 7) is 2.16. The molecule has 19 heavy (non-hydrogen) atoms. The lowest BCUT2D eigenvalue weighted by Gasteiger charge is -2.20. The van der Waals surface area contributed by atoms with Crippen molar-refractivity contribution < 1.29 is 14.3 Å². The van der Waals surface area contributed by atoms with Gasteiger partial charge in [0.2, 0.25) is 0 Å². The van der Waals surface area contributed by atoms with Gasteiger partial charge in [0.1, 0.15) is 5.75 Å². The lowest BCUT2D eigenvalue weighted by Crippen LogP contribution is -2.23. The molecular weight excluding hydrogens is 242 g/mol. The smallest absolute Gasteiger partial charge is 0.417 e. The number of hydrogen-bond acceptors (Lipinski definition) is 3. The number of nitrogens with zero attached hydrogens (tertiary/aromatic N) is 1. The van der Waals surface area contributed by atoms with Crippen LogP contribution in [0.4, 0.5) is 4.79 Å². The second-order valence-corrected chi connectivity index (χ2v) is 4.09. The Bertz CT molecular complexity index is 494. The first kappa shape index (κ1) is 13.2. The van der Waals surface area contributed by atoms with Gasteiger partial charge >= 0.3 is 6.09 Å². The van der Waals surface area contributed by atoms with Crippen molar-refractivity contribution >= 4 is 6.09 Å². The molecule has 0 fully saturated rings. The summed E-state index contributed by atoms with van der Waals surface area (Å²) >= 11 is 0. The fourth-order valence-corrected chi connectivity index (χ4v) is 1.88. The Morgan fingerprint density at radius 2 is 2.05 bits per heavy atom. The molecular formula is C15H17NO3. The fourth-order valence-electron chi connectivity index (χ4n) is 1.88. The molecule has 1 aliphatic heterocycles. The van der Waals surface area contributed by atoms with E-state index in [0.29, 0.717) is 6.61 Å². The van der Waals surface area contributed by atoms with Crippen LogP contribution in [-0.2, 0) is 4.74 Å². The third-order valence-corrected chi connectivity index (χ3v) is 2.87. The molecule has 0 spiro atoms. The fraction of sp³-hybridized carbons (Fsp3) is 0.267. The standard InChI is InChI=1S/C15H17NO3/c1-3-19-15(17)16-9-7-12(8-10-16)13-5-4-6-14(11-13)18-2/h4-12H,3H2,1-2H3. The number of ether oxygens (including phenoxy) is 2. The Kier molecular flexibility index (Phi) is 4.23. The predicted molar refractivity (Wildman–Crippen MR) is 72.9 cm³/mol. The minimum absolute atomic E-state index is 0.140. The molecule has 0 saturated heterocycles. The molecule has 0 atom stereocenters. The molecule has 0 aliphatic carbocycles. The number of rotatable bonds is 3. The normalized spacial score (nSPS) is 14.5. The number of hydrogen-bond donors (Lipinski definition) is 0. The molecule has 0 unspecified atom stereocenters. The van der Waals surface area contributed by atoms with Crippen LogP contribution < -0.4 is 4.74 Å². The lowest BCUT2D eigenvalue weighted by molar-refractivity contribution is 0.133. The lowest BCUT2D eigenvalue weighted by atomic mass is 9.97. The molecule has 2 rings (SSSR count). The van der Waals surface area contributed by atoms with E-state index >= 15 is 0 Å². The van der Waals surface area contributed by atoms with Crippen LogP contribution in [0.1, 0.15) is 18.4 Å². The Morgan fingerprint density at radius 3 is 2.68 bits per heavy atom. The molecule has 1 heterocycles. The highest BCUT2D eigenvalue weighted by Crippen LogP contribution is 2.25. The first-order valence-electron chi connectivity index (χ1n) is 6.20. The summed E-state index contributed by atoms with van der Waals surface area (Å²) in [7, 11) is 1.65. The highest BCUT2D eigenvalue weighted by molar-refractivity contribution is 5.70.